The SMILES string of the molecule is CNc1nc(NC2(CO)CCCC(C)C2)nc(N(C)C)n1. The van der Waals surface area contributed by atoms with E-state index < -0.39 is 0 Å². The molecule has 0 saturated heterocycles. The third-order valence-corrected chi connectivity index (χ3v) is 4.02. The Balaban J connectivity index is 2.26. The summed E-state index contributed by atoms with van der Waals surface area (Å²) in [4.78, 5) is 14.9. The molecule has 0 bridgehead atoms. The van der Waals surface area contributed by atoms with Gasteiger partial charge in [-0.1, -0.05) is 19.8 Å². The molecule has 0 aliphatic heterocycles. The van der Waals surface area contributed by atoms with E-state index in [4.69, 9.17) is 0 Å². The van der Waals surface area contributed by atoms with Crippen molar-refractivity contribution in [2.24, 2.45) is 5.92 Å². The minimum atomic E-state index is -0.326. The number of aliphatic hydroxyl groups is 1. The normalized spacial score (nSPS) is 25.5. The molecule has 1 aromatic heterocycles. The van der Waals surface area contributed by atoms with E-state index in [2.05, 4.69) is 32.5 Å². The Morgan fingerprint density at radius 3 is 2.57 bits per heavy atom. The molecule has 0 aromatic carbocycles. The van der Waals surface area contributed by atoms with E-state index in [-0.39, 0.29) is 12.1 Å². The molecule has 7 heteroatoms. The molecule has 1 fully saturated rings. The molecule has 1 aliphatic carbocycles. The van der Waals surface area contributed by atoms with E-state index in [0.717, 1.165) is 19.3 Å². The fourth-order valence-corrected chi connectivity index (χ4v) is 2.93. The summed E-state index contributed by atoms with van der Waals surface area (Å²) in [5, 5.41) is 16.2. The van der Waals surface area contributed by atoms with E-state index in [0.29, 0.717) is 23.8 Å². The first-order valence-corrected chi connectivity index (χ1v) is 7.48. The van der Waals surface area contributed by atoms with Crippen molar-refractivity contribution in [2.45, 2.75) is 38.1 Å². The van der Waals surface area contributed by atoms with Crippen molar-refractivity contribution < 1.29 is 5.11 Å². The topological polar surface area (TPSA) is 86.2 Å². The maximum atomic E-state index is 9.87. The van der Waals surface area contributed by atoms with Gasteiger partial charge in [0.1, 0.15) is 0 Å². The van der Waals surface area contributed by atoms with E-state index >= 15 is 0 Å². The summed E-state index contributed by atoms with van der Waals surface area (Å²) in [7, 11) is 5.56. The van der Waals surface area contributed by atoms with Crippen LogP contribution in [0.3, 0.4) is 0 Å². The van der Waals surface area contributed by atoms with Crippen LogP contribution in [-0.4, -0.2) is 53.3 Å². The largest absolute Gasteiger partial charge is 0.394 e. The highest BCUT2D eigenvalue weighted by molar-refractivity contribution is 5.44. The van der Waals surface area contributed by atoms with E-state index in [1.165, 1.54) is 6.42 Å². The van der Waals surface area contributed by atoms with Crippen molar-refractivity contribution in [3.8, 4) is 0 Å². The molecule has 1 saturated carbocycles. The summed E-state index contributed by atoms with van der Waals surface area (Å²) in [6.07, 6.45) is 4.19. The zero-order chi connectivity index (χ0) is 15.5. The molecule has 1 heterocycles. The van der Waals surface area contributed by atoms with Crippen LogP contribution in [-0.2, 0) is 0 Å². The molecule has 21 heavy (non-hydrogen) atoms. The minimum Gasteiger partial charge on any atom is -0.394 e. The number of nitrogens with zero attached hydrogens (tertiary/aromatic N) is 4. The lowest BCUT2D eigenvalue weighted by atomic mass is 9.77. The molecule has 0 radical (unpaired) electrons. The molecule has 0 amide bonds. The average Bonchev–Trinajstić information content (AvgIpc) is 2.46. The fourth-order valence-electron chi connectivity index (χ4n) is 2.93. The van der Waals surface area contributed by atoms with Gasteiger partial charge in [-0.2, -0.15) is 15.0 Å². The number of nitrogens with one attached hydrogen (secondary N) is 2. The maximum Gasteiger partial charge on any atom is 0.231 e. The quantitative estimate of drug-likeness (QED) is 0.755. The van der Waals surface area contributed by atoms with Gasteiger partial charge in [0.2, 0.25) is 17.8 Å². The number of anilines is 3. The number of aliphatic hydroxyl groups excluding tert-OH is 1. The Bertz CT molecular complexity index is 481. The first-order valence-electron chi connectivity index (χ1n) is 7.48. The summed E-state index contributed by atoms with van der Waals surface area (Å²) in [6.45, 7) is 2.32. The highest BCUT2D eigenvalue weighted by Crippen LogP contribution is 2.34. The second-order valence-corrected chi connectivity index (χ2v) is 6.19. The molecule has 118 valence electrons. The van der Waals surface area contributed by atoms with Crippen LogP contribution >= 0.6 is 0 Å². The van der Waals surface area contributed by atoms with Crippen LogP contribution in [0.25, 0.3) is 0 Å². The summed E-state index contributed by atoms with van der Waals surface area (Å²) in [6, 6.07) is 0. The second-order valence-electron chi connectivity index (χ2n) is 6.19. The van der Waals surface area contributed by atoms with Gasteiger partial charge in [-0.15, -0.1) is 0 Å². The molecule has 2 rings (SSSR count). The van der Waals surface area contributed by atoms with Gasteiger partial charge in [0, 0.05) is 21.1 Å². The van der Waals surface area contributed by atoms with Crippen LogP contribution in [0.5, 0.6) is 0 Å². The molecule has 1 aliphatic rings. The van der Waals surface area contributed by atoms with Crippen LogP contribution in [0.1, 0.15) is 32.6 Å². The van der Waals surface area contributed by atoms with Crippen LogP contribution in [0, 0.1) is 5.92 Å². The number of hydrogen-bond donors (Lipinski definition) is 3. The van der Waals surface area contributed by atoms with Crippen molar-refractivity contribution in [3.63, 3.8) is 0 Å². The van der Waals surface area contributed by atoms with Crippen molar-refractivity contribution in [1.29, 1.82) is 0 Å². The lowest BCUT2D eigenvalue weighted by molar-refractivity contribution is 0.149. The molecular formula is C14H26N6O. The lowest BCUT2D eigenvalue weighted by Gasteiger charge is -2.39. The van der Waals surface area contributed by atoms with E-state index in [1.807, 2.05) is 19.0 Å². The maximum absolute atomic E-state index is 9.87. The molecular weight excluding hydrogens is 268 g/mol. The van der Waals surface area contributed by atoms with Crippen LogP contribution < -0.4 is 15.5 Å². The van der Waals surface area contributed by atoms with Gasteiger partial charge in [-0.3, -0.25) is 0 Å². The van der Waals surface area contributed by atoms with Gasteiger partial charge in [-0.05, 0) is 18.8 Å². The summed E-state index contributed by atoms with van der Waals surface area (Å²) < 4.78 is 0. The Morgan fingerprint density at radius 1 is 1.29 bits per heavy atom. The van der Waals surface area contributed by atoms with Crippen LogP contribution in [0.2, 0.25) is 0 Å². The Labute approximate surface area is 126 Å². The van der Waals surface area contributed by atoms with Gasteiger partial charge in [0.25, 0.3) is 0 Å². The third-order valence-electron chi connectivity index (χ3n) is 4.02. The monoisotopic (exact) mass is 294 g/mol. The Kier molecular flexibility index (Phi) is 4.82. The van der Waals surface area contributed by atoms with Crippen LogP contribution in [0.4, 0.5) is 17.8 Å². The zero-order valence-electron chi connectivity index (χ0n) is 13.3. The van der Waals surface area contributed by atoms with Crippen molar-refractivity contribution >= 4 is 17.8 Å². The first-order chi connectivity index (χ1) is 9.98. The molecule has 1 aromatic rings. The lowest BCUT2D eigenvalue weighted by Crippen LogP contribution is -2.46. The highest BCUT2D eigenvalue weighted by atomic mass is 16.3. The standard InChI is InChI=1S/C14H26N6O/c1-10-6-5-7-14(8-10,9-21)19-12-16-11(15-2)17-13(18-12)20(3)4/h10,21H,5-9H2,1-4H3,(H2,15,16,17,18,19). The summed E-state index contributed by atoms with van der Waals surface area (Å²) >= 11 is 0. The van der Waals surface area contributed by atoms with Gasteiger partial charge in [-0.25, -0.2) is 0 Å². The van der Waals surface area contributed by atoms with E-state index in [9.17, 15) is 5.11 Å². The third kappa shape index (κ3) is 3.72. The molecule has 2 atom stereocenters. The molecule has 0 spiro atoms. The van der Waals surface area contributed by atoms with E-state index in [1.54, 1.807) is 7.05 Å². The van der Waals surface area contributed by atoms with Crippen molar-refractivity contribution in [2.75, 3.05) is 43.3 Å². The zero-order valence-corrected chi connectivity index (χ0v) is 13.3. The molecule has 3 N–H and O–H groups in total. The van der Waals surface area contributed by atoms with Crippen molar-refractivity contribution in [1.82, 2.24) is 15.0 Å². The highest BCUT2D eigenvalue weighted by Gasteiger charge is 2.35. The predicted octanol–water partition coefficient (Wildman–Crippen LogP) is 1.33. The number of hydrogen-bond acceptors (Lipinski definition) is 7. The summed E-state index contributed by atoms with van der Waals surface area (Å²) in [5.41, 5.74) is -0.326. The second kappa shape index (κ2) is 6.43. The Morgan fingerprint density at radius 2 is 2.00 bits per heavy atom. The van der Waals surface area contributed by atoms with Crippen LogP contribution in [0.15, 0.2) is 0 Å². The van der Waals surface area contributed by atoms with Gasteiger partial charge in [0.15, 0.2) is 0 Å². The van der Waals surface area contributed by atoms with Crippen molar-refractivity contribution in [3.05, 3.63) is 0 Å². The van der Waals surface area contributed by atoms with Gasteiger partial charge >= 0.3 is 0 Å². The van der Waals surface area contributed by atoms with Gasteiger partial charge in [0.05, 0.1) is 12.1 Å². The number of aromatic nitrogens is 3. The smallest absolute Gasteiger partial charge is 0.231 e. The van der Waals surface area contributed by atoms with Gasteiger partial charge < -0.3 is 20.6 Å². The summed E-state index contributed by atoms with van der Waals surface area (Å²) in [5.74, 6) is 2.22. The number of rotatable bonds is 5. The minimum absolute atomic E-state index is 0.0925. The molecule has 7 nitrogen and oxygen atoms in total. The first kappa shape index (κ1) is 15.8. The fraction of sp³-hybridized carbons (Fsp3) is 0.786. The predicted molar refractivity (Wildman–Crippen MR) is 84.8 cm³/mol. The average molecular weight is 294 g/mol. The molecule has 2 unspecified atom stereocenters. The Hall–Kier alpha value is -1.63.